The molecule has 1 aromatic carbocycles. The van der Waals surface area contributed by atoms with Crippen LogP contribution in [0.3, 0.4) is 0 Å². The maximum absolute atomic E-state index is 12.7. The van der Waals surface area contributed by atoms with E-state index in [9.17, 15) is 9.90 Å². The van der Waals surface area contributed by atoms with Gasteiger partial charge >= 0.3 is 0 Å². The molecule has 9 heteroatoms. The fraction of sp³-hybridized carbons (Fsp3) is 0.412. The van der Waals surface area contributed by atoms with E-state index in [1.54, 1.807) is 23.1 Å². The number of thiocarbonyl (C=S) groups is 1. The van der Waals surface area contributed by atoms with Crippen LogP contribution in [-0.2, 0) is 9.53 Å². The number of methoxy groups -OCH3 is 1. The van der Waals surface area contributed by atoms with Crippen LogP contribution in [0.25, 0.3) is 6.08 Å². The number of benzene rings is 1. The molecular formula is C17H19BrN2O4S2. The molecule has 0 aromatic heterocycles. The Bertz CT molecular complexity index is 751. The lowest BCUT2D eigenvalue weighted by atomic mass is 10.2. The number of hydrogen-bond donors (Lipinski definition) is 1. The van der Waals surface area contributed by atoms with Crippen LogP contribution in [0.4, 0.5) is 0 Å². The second kappa shape index (κ2) is 8.71. The van der Waals surface area contributed by atoms with Gasteiger partial charge in [-0.2, -0.15) is 0 Å². The zero-order valence-electron chi connectivity index (χ0n) is 14.2. The lowest BCUT2D eigenvalue weighted by Crippen LogP contribution is -2.42. The van der Waals surface area contributed by atoms with Gasteiger partial charge in [0.1, 0.15) is 4.32 Å². The molecule has 0 aliphatic carbocycles. The number of hydrogen-bond acceptors (Lipinski definition) is 7. The molecule has 0 unspecified atom stereocenters. The standard InChI is InChI=1S/C17H19BrN2O4S2/c1-23-13-9-11(8-12(18)15(13)21)10-14-16(22)20(17(25)26-14)3-2-19-4-6-24-7-5-19/h8-10,21H,2-7H2,1H3/b14-10+. The van der Waals surface area contributed by atoms with E-state index in [2.05, 4.69) is 20.8 Å². The normalized spacial score (nSPS) is 20.2. The van der Waals surface area contributed by atoms with Gasteiger partial charge in [0.15, 0.2) is 11.5 Å². The van der Waals surface area contributed by atoms with Crippen molar-refractivity contribution in [3.63, 3.8) is 0 Å². The molecule has 2 heterocycles. The number of carbonyl (C=O) groups is 1. The Balaban J connectivity index is 1.71. The molecule has 2 saturated heterocycles. The Morgan fingerprint density at radius 2 is 2.12 bits per heavy atom. The van der Waals surface area contributed by atoms with Gasteiger partial charge in [-0.3, -0.25) is 14.6 Å². The predicted octanol–water partition coefficient (Wildman–Crippen LogP) is 2.70. The number of thioether (sulfide) groups is 1. The summed E-state index contributed by atoms with van der Waals surface area (Å²) in [5, 5.41) is 9.91. The summed E-state index contributed by atoms with van der Waals surface area (Å²) in [4.78, 5) is 17.2. The van der Waals surface area contributed by atoms with Crippen molar-refractivity contribution in [2.75, 3.05) is 46.5 Å². The lowest BCUT2D eigenvalue weighted by Gasteiger charge is -2.28. The summed E-state index contributed by atoms with van der Waals surface area (Å²) >= 11 is 9.97. The second-order valence-corrected chi connectivity index (χ2v) is 8.37. The van der Waals surface area contributed by atoms with Gasteiger partial charge in [-0.15, -0.1) is 0 Å². The number of carbonyl (C=O) groups excluding carboxylic acids is 1. The van der Waals surface area contributed by atoms with Gasteiger partial charge in [-0.25, -0.2) is 0 Å². The largest absolute Gasteiger partial charge is 0.503 e. The van der Waals surface area contributed by atoms with Gasteiger partial charge in [-0.1, -0.05) is 24.0 Å². The van der Waals surface area contributed by atoms with Crippen LogP contribution in [0, 0.1) is 0 Å². The van der Waals surface area contributed by atoms with Gasteiger partial charge < -0.3 is 14.6 Å². The van der Waals surface area contributed by atoms with Gasteiger partial charge in [-0.05, 0) is 39.7 Å². The molecule has 2 aliphatic heterocycles. The minimum atomic E-state index is -0.0866. The smallest absolute Gasteiger partial charge is 0.266 e. The van der Waals surface area contributed by atoms with E-state index in [-0.39, 0.29) is 11.7 Å². The lowest BCUT2D eigenvalue weighted by molar-refractivity contribution is -0.122. The SMILES string of the molecule is COc1cc(/C=C2/SC(=S)N(CCN3CCOCC3)C2=O)cc(Br)c1O. The molecule has 0 spiro atoms. The van der Waals surface area contributed by atoms with Crippen molar-refractivity contribution in [3.8, 4) is 11.5 Å². The van der Waals surface area contributed by atoms with E-state index in [1.807, 2.05) is 0 Å². The summed E-state index contributed by atoms with van der Waals surface area (Å²) in [6.07, 6.45) is 1.76. The minimum Gasteiger partial charge on any atom is -0.503 e. The molecule has 140 valence electrons. The van der Waals surface area contributed by atoms with E-state index in [0.29, 0.717) is 26.0 Å². The molecule has 1 aromatic rings. The monoisotopic (exact) mass is 458 g/mol. The van der Waals surface area contributed by atoms with E-state index < -0.39 is 0 Å². The number of amides is 1. The first-order valence-electron chi connectivity index (χ1n) is 8.11. The first-order valence-corrected chi connectivity index (χ1v) is 10.1. The molecule has 0 atom stereocenters. The third-order valence-corrected chi connectivity index (χ3v) is 6.17. The summed E-state index contributed by atoms with van der Waals surface area (Å²) in [5.41, 5.74) is 0.750. The Morgan fingerprint density at radius 1 is 1.38 bits per heavy atom. The fourth-order valence-corrected chi connectivity index (χ4v) is 4.51. The molecule has 1 N–H and O–H groups in total. The van der Waals surface area contributed by atoms with Gasteiger partial charge in [0.25, 0.3) is 5.91 Å². The van der Waals surface area contributed by atoms with Gasteiger partial charge in [0.05, 0.1) is 29.7 Å². The van der Waals surface area contributed by atoms with Crippen LogP contribution >= 0.6 is 39.9 Å². The van der Waals surface area contributed by atoms with Crippen LogP contribution < -0.4 is 4.74 Å². The quantitative estimate of drug-likeness (QED) is 0.537. The second-order valence-electron chi connectivity index (χ2n) is 5.84. The molecule has 2 fully saturated rings. The Morgan fingerprint density at radius 3 is 2.81 bits per heavy atom. The fourth-order valence-electron chi connectivity index (χ4n) is 2.74. The summed E-state index contributed by atoms with van der Waals surface area (Å²) in [5.74, 6) is 0.285. The molecule has 0 saturated carbocycles. The topological polar surface area (TPSA) is 62.2 Å². The highest BCUT2D eigenvalue weighted by Crippen LogP contribution is 2.38. The molecule has 0 bridgehead atoms. The third kappa shape index (κ3) is 4.40. The highest BCUT2D eigenvalue weighted by atomic mass is 79.9. The first-order chi connectivity index (χ1) is 12.5. The van der Waals surface area contributed by atoms with Crippen LogP contribution in [0.5, 0.6) is 11.5 Å². The number of aromatic hydroxyl groups is 1. The molecule has 0 radical (unpaired) electrons. The van der Waals surface area contributed by atoms with E-state index in [4.69, 9.17) is 21.7 Å². The zero-order chi connectivity index (χ0) is 18.7. The maximum Gasteiger partial charge on any atom is 0.266 e. The van der Waals surface area contributed by atoms with Crippen LogP contribution in [0.2, 0.25) is 0 Å². The van der Waals surface area contributed by atoms with Crippen molar-refractivity contribution >= 4 is 56.2 Å². The Labute approximate surface area is 170 Å². The summed E-state index contributed by atoms with van der Waals surface area (Å²) in [6, 6.07) is 3.42. The molecule has 6 nitrogen and oxygen atoms in total. The van der Waals surface area contributed by atoms with Crippen molar-refractivity contribution < 1.29 is 19.4 Å². The molecule has 26 heavy (non-hydrogen) atoms. The average molecular weight is 459 g/mol. The number of halogens is 1. The van der Waals surface area contributed by atoms with Crippen molar-refractivity contribution in [3.05, 3.63) is 27.1 Å². The van der Waals surface area contributed by atoms with Crippen molar-refractivity contribution in [1.82, 2.24) is 9.80 Å². The summed E-state index contributed by atoms with van der Waals surface area (Å²) in [6.45, 7) is 4.58. The number of phenolic OH excluding ortho intramolecular Hbond substituents is 1. The number of ether oxygens (including phenoxy) is 2. The Hall–Kier alpha value is -1.13. The van der Waals surface area contributed by atoms with Gasteiger partial charge in [0.2, 0.25) is 0 Å². The first kappa shape index (κ1) is 19.6. The number of phenols is 1. The average Bonchev–Trinajstić information content (AvgIpc) is 2.90. The zero-order valence-corrected chi connectivity index (χ0v) is 17.5. The van der Waals surface area contributed by atoms with Crippen LogP contribution in [-0.4, -0.2) is 71.6 Å². The van der Waals surface area contributed by atoms with Crippen molar-refractivity contribution in [1.29, 1.82) is 0 Å². The third-order valence-electron chi connectivity index (χ3n) is 4.19. The molecular weight excluding hydrogens is 440 g/mol. The highest BCUT2D eigenvalue weighted by molar-refractivity contribution is 9.10. The van der Waals surface area contributed by atoms with Crippen molar-refractivity contribution in [2.24, 2.45) is 0 Å². The number of morpholine rings is 1. The number of rotatable bonds is 5. The van der Waals surface area contributed by atoms with E-state index in [1.165, 1.54) is 18.9 Å². The van der Waals surface area contributed by atoms with E-state index >= 15 is 0 Å². The molecule has 3 rings (SSSR count). The van der Waals surface area contributed by atoms with E-state index in [0.717, 1.165) is 38.4 Å². The summed E-state index contributed by atoms with van der Waals surface area (Å²) in [7, 11) is 1.48. The van der Waals surface area contributed by atoms with Crippen molar-refractivity contribution in [2.45, 2.75) is 0 Å². The predicted molar refractivity (Wildman–Crippen MR) is 109 cm³/mol. The Kier molecular flexibility index (Phi) is 6.57. The van der Waals surface area contributed by atoms with Crippen LogP contribution in [0.15, 0.2) is 21.5 Å². The summed E-state index contributed by atoms with van der Waals surface area (Å²) < 4.78 is 11.6. The minimum absolute atomic E-state index is 0.0303. The van der Waals surface area contributed by atoms with Crippen LogP contribution in [0.1, 0.15) is 5.56 Å². The molecule has 2 aliphatic rings. The number of nitrogens with zero attached hydrogens (tertiary/aromatic N) is 2. The van der Waals surface area contributed by atoms with Gasteiger partial charge in [0, 0.05) is 26.2 Å². The molecule has 1 amide bonds. The highest BCUT2D eigenvalue weighted by Gasteiger charge is 2.32. The maximum atomic E-state index is 12.7.